The number of H-pyrrole nitrogens is 1. The molecule has 1 atom stereocenters. The van der Waals surface area contributed by atoms with Gasteiger partial charge in [-0.1, -0.05) is 12.1 Å². The van der Waals surface area contributed by atoms with Gasteiger partial charge in [-0.05, 0) is 24.1 Å². The molecule has 17 heavy (non-hydrogen) atoms. The van der Waals surface area contributed by atoms with E-state index in [4.69, 9.17) is 11.6 Å². The summed E-state index contributed by atoms with van der Waals surface area (Å²) >= 11 is 0. The summed E-state index contributed by atoms with van der Waals surface area (Å²) in [6.07, 6.45) is 2.15. The van der Waals surface area contributed by atoms with Crippen LogP contribution < -0.4 is 17.0 Å². The number of benzene rings is 1. The van der Waals surface area contributed by atoms with Crippen LogP contribution in [0.25, 0.3) is 0 Å². The number of halogens is 1. The van der Waals surface area contributed by atoms with Crippen molar-refractivity contribution in [3.63, 3.8) is 0 Å². The van der Waals surface area contributed by atoms with E-state index in [0.717, 1.165) is 11.1 Å². The van der Waals surface area contributed by atoms with E-state index in [1.807, 2.05) is 6.07 Å². The molecule has 0 bridgehead atoms. The Kier molecular flexibility index (Phi) is 3.36. The molecule has 0 spiro atoms. The van der Waals surface area contributed by atoms with E-state index in [-0.39, 0.29) is 11.9 Å². The lowest BCUT2D eigenvalue weighted by atomic mass is 10.0. The molecule has 0 aliphatic carbocycles. The first kappa shape index (κ1) is 11.6. The number of hydrogen-bond acceptors (Lipinski definition) is 4. The van der Waals surface area contributed by atoms with Crippen LogP contribution in [-0.2, 0) is 6.42 Å². The maximum absolute atomic E-state index is 13.0. The summed E-state index contributed by atoms with van der Waals surface area (Å²) in [7, 11) is 0. The summed E-state index contributed by atoms with van der Waals surface area (Å²) in [5, 5.41) is 6.47. The Balaban J connectivity index is 2.19. The third-order valence-electron chi connectivity index (χ3n) is 2.61. The van der Waals surface area contributed by atoms with Gasteiger partial charge in [0.1, 0.15) is 11.6 Å². The van der Waals surface area contributed by atoms with Crippen molar-refractivity contribution in [2.75, 3.05) is 5.73 Å². The second-order valence-electron chi connectivity index (χ2n) is 3.79. The molecule has 6 heteroatoms. The molecule has 1 aromatic carbocycles. The van der Waals surface area contributed by atoms with E-state index in [2.05, 4.69) is 15.6 Å². The fourth-order valence-corrected chi connectivity index (χ4v) is 1.74. The number of nitrogens with two attached hydrogens (primary N) is 2. The summed E-state index contributed by atoms with van der Waals surface area (Å²) in [6.45, 7) is 0. The minimum absolute atomic E-state index is 0.199. The first-order valence-electron chi connectivity index (χ1n) is 5.20. The van der Waals surface area contributed by atoms with Gasteiger partial charge in [0, 0.05) is 5.56 Å². The summed E-state index contributed by atoms with van der Waals surface area (Å²) in [5.41, 5.74) is 9.98. The van der Waals surface area contributed by atoms with Crippen molar-refractivity contribution in [2.24, 2.45) is 5.84 Å². The predicted octanol–water partition coefficient (Wildman–Crippen LogP) is 0.878. The monoisotopic (exact) mass is 235 g/mol. The molecule has 0 aliphatic heterocycles. The molecule has 0 saturated heterocycles. The molecule has 6 N–H and O–H groups in total. The molecule has 0 radical (unpaired) electrons. The second-order valence-corrected chi connectivity index (χ2v) is 3.79. The summed E-state index contributed by atoms with van der Waals surface area (Å²) in [5.74, 6) is 5.67. The van der Waals surface area contributed by atoms with Crippen LogP contribution >= 0.6 is 0 Å². The number of aromatic amines is 1. The summed E-state index contributed by atoms with van der Waals surface area (Å²) in [4.78, 5) is 0. The highest BCUT2D eigenvalue weighted by molar-refractivity contribution is 5.40. The first-order chi connectivity index (χ1) is 8.20. The number of hydrogen-bond donors (Lipinski definition) is 4. The van der Waals surface area contributed by atoms with Gasteiger partial charge in [0.05, 0.1) is 12.2 Å². The molecule has 1 heterocycles. The Labute approximate surface area is 98.0 Å². The minimum atomic E-state index is -0.265. The molecule has 90 valence electrons. The number of rotatable bonds is 4. The highest BCUT2D eigenvalue weighted by atomic mass is 19.1. The molecule has 1 unspecified atom stereocenters. The highest BCUT2D eigenvalue weighted by Crippen LogP contribution is 2.21. The van der Waals surface area contributed by atoms with Gasteiger partial charge in [-0.3, -0.25) is 16.4 Å². The number of hydrazine groups is 1. The van der Waals surface area contributed by atoms with Crippen LogP contribution in [0.4, 0.5) is 10.2 Å². The summed E-state index contributed by atoms with van der Waals surface area (Å²) < 4.78 is 13.0. The molecule has 0 fully saturated rings. The zero-order valence-electron chi connectivity index (χ0n) is 9.15. The lowest BCUT2D eigenvalue weighted by Crippen LogP contribution is -2.29. The topological polar surface area (TPSA) is 92.7 Å². The molecule has 2 aromatic rings. The van der Waals surface area contributed by atoms with E-state index in [1.165, 1.54) is 12.1 Å². The zero-order chi connectivity index (χ0) is 12.3. The van der Waals surface area contributed by atoms with E-state index in [0.29, 0.717) is 12.2 Å². The van der Waals surface area contributed by atoms with Crippen molar-refractivity contribution in [2.45, 2.75) is 12.5 Å². The van der Waals surface area contributed by atoms with Crippen molar-refractivity contribution >= 4 is 5.82 Å². The van der Waals surface area contributed by atoms with Gasteiger partial charge in [-0.25, -0.2) is 4.39 Å². The average molecular weight is 235 g/mol. The Hall–Kier alpha value is -1.92. The van der Waals surface area contributed by atoms with Crippen molar-refractivity contribution in [3.05, 3.63) is 47.4 Å². The smallest absolute Gasteiger partial charge is 0.123 e. The Morgan fingerprint density at radius 3 is 2.88 bits per heavy atom. The van der Waals surface area contributed by atoms with Gasteiger partial charge in [0.15, 0.2) is 0 Å². The molecule has 0 aliphatic rings. The molecular weight excluding hydrogens is 221 g/mol. The standard InChI is InChI=1S/C11H14FN5/c12-8-3-1-2-7(4-8)5-10(16-14)9-6-15-17-11(9)13/h1-4,6,10,16H,5,14H2,(H3,13,15,17). The van der Waals surface area contributed by atoms with Gasteiger partial charge in [0.25, 0.3) is 0 Å². The third kappa shape index (κ3) is 2.61. The Bertz CT molecular complexity index is 496. The van der Waals surface area contributed by atoms with Gasteiger partial charge in [-0.15, -0.1) is 0 Å². The van der Waals surface area contributed by atoms with E-state index in [9.17, 15) is 4.39 Å². The maximum atomic E-state index is 13.0. The van der Waals surface area contributed by atoms with Crippen molar-refractivity contribution in [1.82, 2.24) is 15.6 Å². The van der Waals surface area contributed by atoms with Crippen LogP contribution in [-0.4, -0.2) is 10.2 Å². The van der Waals surface area contributed by atoms with Gasteiger partial charge < -0.3 is 5.73 Å². The number of aromatic nitrogens is 2. The largest absolute Gasteiger partial charge is 0.384 e. The average Bonchev–Trinajstić information content (AvgIpc) is 2.72. The lowest BCUT2D eigenvalue weighted by molar-refractivity contribution is 0.550. The second kappa shape index (κ2) is 4.94. The van der Waals surface area contributed by atoms with Crippen LogP contribution in [0.15, 0.2) is 30.5 Å². The molecular formula is C11H14FN5. The van der Waals surface area contributed by atoms with Crippen LogP contribution in [0.2, 0.25) is 0 Å². The van der Waals surface area contributed by atoms with Crippen molar-refractivity contribution < 1.29 is 4.39 Å². The number of nitrogen functional groups attached to an aromatic ring is 1. The van der Waals surface area contributed by atoms with Gasteiger partial charge >= 0.3 is 0 Å². The van der Waals surface area contributed by atoms with E-state index < -0.39 is 0 Å². The Morgan fingerprint density at radius 1 is 1.47 bits per heavy atom. The van der Waals surface area contributed by atoms with E-state index >= 15 is 0 Å². The minimum Gasteiger partial charge on any atom is -0.384 e. The quantitative estimate of drug-likeness (QED) is 0.467. The van der Waals surface area contributed by atoms with Gasteiger partial charge in [0.2, 0.25) is 0 Å². The van der Waals surface area contributed by atoms with Crippen LogP contribution in [0.1, 0.15) is 17.2 Å². The molecule has 2 rings (SSSR count). The maximum Gasteiger partial charge on any atom is 0.123 e. The van der Waals surface area contributed by atoms with Crippen LogP contribution in [0.5, 0.6) is 0 Å². The normalized spacial score (nSPS) is 12.6. The van der Waals surface area contributed by atoms with Crippen molar-refractivity contribution in [3.8, 4) is 0 Å². The van der Waals surface area contributed by atoms with E-state index in [1.54, 1.807) is 12.3 Å². The lowest BCUT2D eigenvalue weighted by Gasteiger charge is -2.15. The van der Waals surface area contributed by atoms with Gasteiger partial charge in [-0.2, -0.15) is 5.10 Å². The first-order valence-corrected chi connectivity index (χ1v) is 5.20. The molecule has 5 nitrogen and oxygen atoms in total. The Morgan fingerprint density at radius 2 is 2.29 bits per heavy atom. The third-order valence-corrected chi connectivity index (χ3v) is 2.61. The van der Waals surface area contributed by atoms with Crippen LogP contribution in [0.3, 0.4) is 0 Å². The van der Waals surface area contributed by atoms with Crippen LogP contribution in [0, 0.1) is 5.82 Å². The fourth-order valence-electron chi connectivity index (χ4n) is 1.74. The van der Waals surface area contributed by atoms with Crippen molar-refractivity contribution in [1.29, 1.82) is 0 Å². The number of anilines is 1. The zero-order valence-corrected chi connectivity index (χ0v) is 9.15. The summed E-state index contributed by atoms with van der Waals surface area (Å²) in [6, 6.07) is 6.18. The SMILES string of the molecule is NNC(Cc1cccc(F)c1)c1cn[nH]c1N. The highest BCUT2D eigenvalue weighted by Gasteiger charge is 2.15. The molecule has 0 amide bonds. The predicted molar refractivity (Wildman–Crippen MR) is 63.2 cm³/mol. The molecule has 0 saturated carbocycles. The fraction of sp³-hybridized carbons (Fsp3) is 0.182. The number of nitrogens with one attached hydrogen (secondary N) is 2. The molecule has 1 aromatic heterocycles. The number of nitrogens with zero attached hydrogens (tertiary/aromatic N) is 1.